The van der Waals surface area contributed by atoms with Gasteiger partial charge in [-0.25, -0.2) is 4.79 Å². The van der Waals surface area contributed by atoms with Gasteiger partial charge in [0.05, 0.1) is 18.7 Å². The summed E-state index contributed by atoms with van der Waals surface area (Å²) in [6.07, 6.45) is 0.913. The summed E-state index contributed by atoms with van der Waals surface area (Å²) in [6.45, 7) is 3.52. The van der Waals surface area contributed by atoms with E-state index < -0.39 is 6.04 Å². The maximum atomic E-state index is 12.5. The Kier molecular flexibility index (Phi) is 7.79. The van der Waals surface area contributed by atoms with Crippen molar-refractivity contribution in [2.75, 3.05) is 40.9 Å². The van der Waals surface area contributed by atoms with Gasteiger partial charge in [-0.05, 0) is 63.9 Å². The van der Waals surface area contributed by atoms with Gasteiger partial charge in [0.2, 0.25) is 0 Å². The number of benzene rings is 1. The smallest absolute Gasteiger partial charge is 0.337 e. The lowest BCUT2D eigenvalue weighted by atomic mass is 9.95. The van der Waals surface area contributed by atoms with E-state index in [1.54, 1.807) is 12.1 Å². The monoisotopic (exact) mass is 402 g/mol. The molecule has 1 N–H and O–H groups in total. The van der Waals surface area contributed by atoms with E-state index in [0.29, 0.717) is 23.0 Å². The van der Waals surface area contributed by atoms with Crippen LogP contribution < -0.4 is 10.1 Å². The first kappa shape index (κ1) is 21.7. The molecule has 0 radical (unpaired) electrons. The Balaban J connectivity index is 2.31. The third kappa shape index (κ3) is 5.21. The number of nitrogens with one attached hydrogen (secondary N) is 1. The van der Waals surface area contributed by atoms with Crippen LogP contribution in [0.15, 0.2) is 35.5 Å². The first-order chi connectivity index (χ1) is 13.4. The third-order valence-electron chi connectivity index (χ3n) is 4.51. The van der Waals surface area contributed by atoms with Gasteiger partial charge >= 0.3 is 5.97 Å². The molecule has 0 aromatic heterocycles. The molecular weight excluding hydrogens is 376 g/mol. The Hall–Kier alpha value is -2.63. The van der Waals surface area contributed by atoms with E-state index in [2.05, 4.69) is 10.2 Å². The lowest BCUT2D eigenvalue weighted by molar-refractivity contribution is -0.136. The summed E-state index contributed by atoms with van der Waals surface area (Å²) in [7, 11) is 5.42. The van der Waals surface area contributed by atoms with Crippen LogP contribution in [0.3, 0.4) is 0 Å². The van der Waals surface area contributed by atoms with Crippen LogP contribution in [0.4, 0.5) is 0 Å². The zero-order valence-corrected chi connectivity index (χ0v) is 17.5. The number of hydrogen-bond donors (Lipinski definition) is 1. The molecule has 2 rings (SSSR count). The highest BCUT2D eigenvalue weighted by Crippen LogP contribution is 2.32. The van der Waals surface area contributed by atoms with Crippen molar-refractivity contribution in [1.82, 2.24) is 15.1 Å². The number of nitrogens with zero attached hydrogens (tertiary/aromatic N) is 3. The molecule has 28 heavy (non-hydrogen) atoms. The second-order valence-corrected chi connectivity index (χ2v) is 7.08. The molecule has 0 fully saturated rings. The maximum absolute atomic E-state index is 12.5. The Morgan fingerprint density at radius 2 is 2.04 bits per heavy atom. The molecule has 1 aliphatic rings. The summed E-state index contributed by atoms with van der Waals surface area (Å²) in [6, 6.07) is 8.77. The molecule has 8 heteroatoms. The SMILES string of the molecule is COC(=O)C1=C(C)N(CCCN(C)C)C(=S)N[C@@H]1c1ccc(OCC#N)cc1. The number of esters is 1. The lowest BCUT2D eigenvalue weighted by Gasteiger charge is -2.37. The summed E-state index contributed by atoms with van der Waals surface area (Å²) in [5.41, 5.74) is 2.19. The van der Waals surface area contributed by atoms with Gasteiger partial charge in [0, 0.05) is 12.2 Å². The highest BCUT2D eigenvalue weighted by Gasteiger charge is 2.34. The van der Waals surface area contributed by atoms with Gasteiger partial charge in [0.15, 0.2) is 11.7 Å². The van der Waals surface area contributed by atoms with Crippen molar-refractivity contribution in [2.45, 2.75) is 19.4 Å². The molecule has 7 nitrogen and oxygen atoms in total. The molecule has 0 unspecified atom stereocenters. The molecule has 0 saturated heterocycles. The van der Waals surface area contributed by atoms with E-state index in [9.17, 15) is 4.79 Å². The fourth-order valence-electron chi connectivity index (χ4n) is 3.09. The predicted molar refractivity (Wildman–Crippen MR) is 111 cm³/mol. The fourth-order valence-corrected chi connectivity index (χ4v) is 3.44. The number of hydrogen-bond acceptors (Lipinski definition) is 6. The largest absolute Gasteiger partial charge is 0.479 e. The van der Waals surface area contributed by atoms with E-state index in [-0.39, 0.29) is 12.6 Å². The standard InChI is InChI=1S/C20H26N4O3S/c1-14-17(19(25)26-4)18(15-6-8-16(9-7-15)27-13-10-21)22-20(28)24(14)12-5-11-23(2)3/h6-9,18H,5,11-13H2,1-4H3,(H,22,28)/t18-/m1/s1. The molecule has 1 aromatic rings. The minimum atomic E-state index is -0.407. The van der Waals surface area contributed by atoms with Crippen LogP contribution in [0.2, 0.25) is 0 Å². The summed E-state index contributed by atoms with van der Waals surface area (Å²) >= 11 is 5.57. The number of nitriles is 1. The zero-order valence-electron chi connectivity index (χ0n) is 16.7. The number of allylic oxidation sites excluding steroid dienone is 1. The Morgan fingerprint density at radius 3 is 2.61 bits per heavy atom. The average Bonchev–Trinajstić information content (AvgIpc) is 2.68. The van der Waals surface area contributed by atoms with Crippen LogP contribution in [0.1, 0.15) is 24.9 Å². The predicted octanol–water partition coefficient (Wildman–Crippen LogP) is 2.22. The number of ether oxygens (including phenoxy) is 2. The van der Waals surface area contributed by atoms with Crippen LogP contribution in [0.25, 0.3) is 0 Å². The van der Waals surface area contributed by atoms with Crippen molar-refractivity contribution >= 4 is 23.3 Å². The molecule has 1 aromatic carbocycles. The van der Waals surface area contributed by atoms with Crippen molar-refractivity contribution in [3.05, 3.63) is 41.1 Å². The van der Waals surface area contributed by atoms with Crippen LogP contribution in [0.5, 0.6) is 5.75 Å². The zero-order chi connectivity index (χ0) is 20.7. The Bertz CT molecular complexity index is 784. The van der Waals surface area contributed by atoms with Gasteiger partial charge in [-0.2, -0.15) is 5.26 Å². The number of methoxy groups -OCH3 is 1. The van der Waals surface area contributed by atoms with Gasteiger partial charge in [-0.3, -0.25) is 0 Å². The molecule has 150 valence electrons. The second-order valence-electron chi connectivity index (χ2n) is 6.70. The minimum Gasteiger partial charge on any atom is -0.479 e. The topological polar surface area (TPSA) is 77.8 Å². The molecule has 1 atom stereocenters. The van der Waals surface area contributed by atoms with Crippen molar-refractivity contribution in [2.24, 2.45) is 0 Å². The fraction of sp³-hybridized carbons (Fsp3) is 0.450. The Morgan fingerprint density at radius 1 is 1.36 bits per heavy atom. The normalized spacial score (nSPS) is 16.6. The number of carbonyl (C=O) groups is 1. The van der Waals surface area contributed by atoms with Gasteiger partial charge in [0.1, 0.15) is 11.8 Å². The third-order valence-corrected chi connectivity index (χ3v) is 4.84. The first-order valence-electron chi connectivity index (χ1n) is 9.00. The molecule has 0 amide bonds. The molecule has 0 saturated carbocycles. The number of carbonyl (C=O) groups excluding carboxylic acids is 1. The highest BCUT2D eigenvalue weighted by molar-refractivity contribution is 7.80. The molecule has 0 bridgehead atoms. The summed E-state index contributed by atoms with van der Waals surface area (Å²) < 4.78 is 10.3. The van der Waals surface area contributed by atoms with Gasteiger partial charge in [0.25, 0.3) is 0 Å². The lowest BCUT2D eigenvalue weighted by Crippen LogP contribution is -2.48. The van der Waals surface area contributed by atoms with Crippen LogP contribution in [-0.2, 0) is 9.53 Å². The molecule has 1 aliphatic heterocycles. The van der Waals surface area contributed by atoms with Crippen molar-refractivity contribution < 1.29 is 14.3 Å². The van der Waals surface area contributed by atoms with Crippen molar-refractivity contribution in [3.8, 4) is 11.8 Å². The molecular formula is C20H26N4O3S. The van der Waals surface area contributed by atoms with E-state index >= 15 is 0 Å². The summed E-state index contributed by atoms with van der Waals surface area (Å²) in [5.74, 6) is 0.203. The highest BCUT2D eigenvalue weighted by atomic mass is 32.1. The number of rotatable bonds is 8. The van der Waals surface area contributed by atoms with E-state index in [0.717, 1.165) is 24.2 Å². The van der Waals surface area contributed by atoms with Crippen LogP contribution in [-0.4, -0.2) is 61.8 Å². The average molecular weight is 403 g/mol. The summed E-state index contributed by atoms with van der Waals surface area (Å²) in [4.78, 5) is 16.6. The van der Waals surface area contributed by atoms with E-state index in [1.807, 2.05) is 44.1 Å². The van der Waals surface area contributed by atoms with Crippen LogP contribution >= 0.6 is 12.2 Å². The first-order valence-corrected chi connectivity index (χ1v) is 9.41. The van der Waals surface area contributed by atoms with Gasteiger partial charge in [-0.1, -0.05) is 12.1 Å². The van der Waals surface area contributed by atoms with Gasteiger partial charge in [-0.15, -0.1) is 0 Å². The number of thiocarbonyl (C=S) groups is 1. The summed E-state index contributed by atoms with van der Waals surface area (Å²) in [5, 5.41) is 12.5. The molecule has 0 spiro atoms. The van der Waals surface area contributed by atoms with Crippen LogP contribution in [0, 0.1) is 11.3 Å². The second kappa shape index (κ2) is 10.1. The molecule has 1 heterocycles. The van der Waals surface area contributed by atoms with Crippen molar-refractivity contribution in [3.63, 3.8) is 0 Å². The van der Waals surface area contributed by atoms with E-state index in [4.69, 9.17) is 27.0 Å². The van der Waals surface area contributed by atoms with Gasteiger partial charge < -0.3 is 24.6 Å². The Labute approximate surface area is 171 Å². The van der Waals surface area contributed by atoms with Crippen molar-refractivity contribution in [1.29, 1.82) is 5.26 Å². The molecule has 0 aliphatic carbocycles. The quantitative estimate of drug-likeness (QED) is 0.524. The minimum absolute atomic E-state index is 0.0144. The van der Waals surface area contributed by atoms with E-state index in [1.165, 1.54) is 7.11 Å². The maximum Gasteiger partial charge on any atom is 0.337 e.